The fourth-order valence-electron chi connectivity index (χ4n) is 1.76. The number of nitrogens with zero attached hydrogens (tertiary/aromatic N) is 1. The van der Waals surface area contributed by atoms with Crippen molar-refractivity contribution >= 4 is 12.0 Å². The lowest BCUT2D eigenvalue weighted by Crippen LogP contribution is -2.50. The van der Waals surface area contributed by atoms with Crippen molar-refractivity contribution in [1.29, 1.82) is 0 Å². The van der Waals surface area contributed by atoms with Gasteiger partial charge in [0, 0.05) is 20.2 Å². The Balaban J connectivity index is 2.28. The smallest absolute Gasteiger partial charge is 0.326 e. The Morgan fingerprint density at radius 2 is 2.10 bits per heavy atom. The Labute approximate surface area is 120 Å². The van der Waals surface area contributed by atoms with Crippen LogP contribution in [-0.4, -0.2) is 54.9 Å². The summed E-state index contributed by atoms with van der Waals surface area (Å²) in [5.74, 6) is -0.391. The zero-order valence-electron chi connectivity index (χ0n) is 12.6. The third kappa shape index (κ3) is 5.77. The van der Waals surface area contributed by atoms with E-state index in [4.69, 9.17) is 9.84 Å². The van der Waals surface area contributed by atoms with Crippen LogP contribution in [0.4, 0.5) is 4.79 Å². The minimum Gasteiger partial charge on any atom is -0.480 e. The van der Waals surface area contributed by atoms with Crippen molar-refractivity contribution in [3.63, 3.8) is 0 Å². The van der Waals surface area contributed by atoms with E-state index in [0.29, 0.717) is 25.5 Å². The predicted octanol–water partition coefficient (Wildman–Crippen LogP) is 1.55. The highest BCUT2D eigenvalue weighted by Gasteiger charge is 2.26. The second kappa shape index (κ2) is 8.09. The average molecular weight is 286 g/mol. The summed E-state index contributed by atoms with van der Waals surface area (Å²) in [7, 11) is 1.64. The van der Waals surface area contributed by atoms with Gasteiger partial charge in [-0.25, -0.2) is 9.59 Å². The summed E-state index contributed by atoms with van der Waals surface area (Å²) in [5, 5.41) is 11.7. The van der Waals surface area contributed by atoms with Crippen LogP contribution in [0.5, 0.6) is 0 Å². The minimum atomic E-state index is -0.994. The summed E-state index contributed by atoms with van der Waals surface area (Å²) in [6.07, 6.45) is 3.18. The molecule has 1 aliphatic carbocycles. The Kier molecular flexibility index (Phi) is 6.78. The van der Waals surface area contributed by atoms with Crippen LogP contribution in [0.3, 0.4) is 0 Å². The van der Waals surface area contributed by atoms with E-state index in [2.05, 4.69) is 5.32 Å². The molecule has 6 heteroatoms. The van der Waals surface area contributed by atoms with Gasteiger partial charge >= 0.3 is 12.0 Å². The molecule has 0 aromatic carbocycles. The van der Waals surface area contributed by atoms with Gasteiger partial charge in [0.15, 0.2) is 0 Å². The molecular weight excluding hydrogens is 260 g/mol. The van der Waals surface area contributed by atoms with E-state index in [-0.39, 0.29) is 11.9 Å². The molecule has 1 aliphatic rings. The number of hydrogen-bond donors (Lipinski definition) is 2. The molecule has 0 aliphatic heterocycles. The monoisotopic (exact) mass is 286 g/mol. The highest BCUT2D eigenvalue weighted by atomic mass is 16.5. The number of hydrogen-bond acceptors (Lipinski definition) is 3. The number of aliphatic carboxylic acids is 1. The molecule has 0 saturated heterocycles. The van der Waals surface area contributed by atoms with E-state index in [1.54, 1.807) is 7.05 Å². The first-order valence-electron chi connectivity index (χ1n) is 7.27. The standard InChI is InChI=1S/C14H26N2O4/c1-4-10(2)12(13(17)18)15-14(19)16(3)7-8-20-9-11-5-6-11/h10-12H,4-9H2,1-3H3,(H,15,19)(H,17,18). The first kappa shape index (κ1) is 16.8. The van der Waals surface area contributed by atoms with Gasteiger partial charge in [0.2, 0.25) is 0 Å². The molecule has 2 amide bonds. The predicted molar refractivity (Wildman–Crippen MR) is 75.6 cm³/mol. The summed E-state index contributed by atoms with van der Waals surface area (Å²) in [5.41, 5.74) is 0. The van der Waals surface area contributed by atoms with Gasteiger partial charge in [-0.1, -0.05) is 20.3 Å². The largest absolute Gasteiger partial charge is 0.480 e. The van der Waals surface area contributed by atoms with Crippen LogP contribution in [-0.2, 0) is 9.53 Å². The number of amides is 2. The van der Waals surface area contributed by atoms with Gasteiger partial charge in [0.1, 0.15) is 6.04 Å². The van der Waals surface area contributed by atoms with E-state index in [1.165, 1.54) is 17.7 Å². The van der Waals surface area contributed by atoms with E-state index >= 15 is 0 Å². The number of nitrogens with one attached hydrogen (secondary N) is 1. The van der Waals surface area contributed by atoms with Crippen LogP contribution in [0.2, 0.25) is 0 Å². The second-order valence-corrected chi connectivity index (χ2v) is 5.59. The fraction of sp³-hybridized carbons (Fsp3) is 0.857. The molecule has 0 heterocycles. The van der Waals surface area contributed by atoms with E-state index in [0.717, 1.165) is 6.61 Å². The number of carboxylic acid groups (broad SMARTS) is 1. The molecule has 0 aromatic heterocycles. The normalized spacial score (nSPS) is 17.4. The van der Waals surface area contributed by atoms with Crippen LogP contribution in [0.1, 0.15) is 33.1 Å². The van der Waals surface area contributed by atoms with Gasteiger partial charge in [-0.15, -0.1) is 0 Å². The van der Waals surface area contributed by atoms with Crippen molar-refractivity contribution in [1.82, 2.24) is 10.2 Å². The number of carboxylic acids is 1. The fourth-order valence-corrected chi connectivity index (χ4v) is 1.76. The Hall–Kier alpha value is -1.30. The Morgan fingerprint density at radius 1 is 1.45 bits per heavy atom. The molecule has 1 rings (SSSR count). The van der Waals surface area contributed by atoms with Crippen LogP contribution >= 0.6 is 0 Å². The summed E-state index contributed by atoms with van der Waals surface area (Å²) in [6.45, 7) is 5.44. The van der Waals surface area contributed by atoms with Crippen molar-refractivity contribution in [2.45, 2.75) is 39.2 Å². The van der Waals surface area contributed by atoms with Crippen molar-refractivity contribution in [3.05, 3.63) is 0 Å². The van der Waals surface area contributed by atoms with Crippen LogP contribution in [0.15, 0.2) is 0 Å². The third-order valence-electron chi connectivity index (χ3n) is 3.73. The molecule has 0 radical (unpaired) electrons. The Morgan fingerprint density at radius 3 is 2.60 bits per heavy atom. The molecule has 2 atom stereocenters. The average Bonchev–Trinajstić information content (AvgIpc) is 3.23. The Bertz CT molecular complexity index is 331. The molecule has 1 saturated carbocycles. The first-order chi connectivity index (χ1) is 9.45. The van der Waals surface area contributed by atoms with Crippen molar-refractivity contribution in [2.24, 2.45) is 11.8 Å². The van der Waals surface area contributed by atoms with Gasteiger partial charge in [-0.2, -0.15) is 0 Å². The number of rotatable bonds is 9. The number of carbonyl (C=O) groups excluding carboxylic acids is 1. The highest BCUT2D eigenvalue weighted by Crippen LogP contribution is 2.28. The van der Waals surface area contributed by atoms with Crippen molar-refractivity contribution < 1.29 is 19.4 Å². The lowest BCUT2D eigenvalue weighted by atomic mass is 9.99. The molecule has 0 spiro atoms. The minimum absolute atomic E-state index is 0.101. The van der Waals surface area contributed by atoms with Crippen LogP contribution in [0, 0.1) is 11.8 Å². The quantitative estimate of drug-likeness (QED) is 0.630. The molecule has 0 bridgehead atoms. The molecule has 20 heavy (non-hydrogen) atoms. The second-order valence-electron chi connectivity index (χ2n) is 5.59. The topological polar surface area (TPSA) is 78.9 Å². The highest BCUT2D eigenvalue weighted by molar-refractivity contribution is 5.82. The molecule has 116 valence electrons. The zero-order chi connectivity index (χ0) is 15.1. The maximum Gasteiger partial charge on any atom is 0.326 e. The SMILES string of the molecule is CCC(C)C(NC(=O)N(C)CCOCC1CC1)C(=O)O. The number of carbonyl (C=O) groups is 2. The molecule has 0 aromatic rings. The maximum absolute atomic E-state index is 11.9. The van der Waals surface area contributed by atoms with Crippen LogP contribution in [0.25, 0.3) is 0 Å². The summed E-state index contributed by atoms with van der Waals surface area (Å²) < 4.78 is 5.46. The molecule has 1 fully saturated rings. The van der Waals surface area contributed by atoms with Gasteiger partial charge in [0.05, 0.1) is 6.61 Å². The zero-order valence-corrected chi connectivity index (χ0v) is 12.6. The third-order valence-corrected chi connectivity index (χ3v) is 3.73. The van der Waals surface area contributed by atoms with E-state index in [9.17, 15) is 9.59 Å². The maximum atomic E-state index is 11.9. The number of urea groups is 1. The summed E-state index contributed by atoms with van der Waals surface area (Å²) >= 11 is 0. The molecular formula is C14H26N2O4. The van der Waals surface area contributed by atoms with Gasteiger partial charge in [-0.3, -0.25) is 0 Å². The molecule has 6 nitrogen and oxygen atoms in total. The van der Waals surface area contributed by atoms with Gasteiger partial charge in [0.25, 0.3) is 0 Å². The number of likely N-dealkylation sites (N-methyl/N-ethyl adjacent to an activating group) is 1. The molecule has 2 unspecified atom stereocenters. The van der Waals surface area contributed by atoms with E-state index in [1.807, 2.05) is 13.8 Å². The lowest BCUT2D eigenvalue weighted by molar-refractivity contribution is -0.140. The van der Waals surface area contributed by atoms with Crippen LogP contribution < -0.4 is 5.32 Å². The number of ether oxygens (including phenoxy) is 1. The lowest BCUT2D eigenvalue weighted by Gasteiger charge is -2.24. The van der Waals surface area contributed by atoms with Crippen molar-refractivity contribution in [3.8, 4) is 0 Å². The summed E-state index contributed by atoms with van der Waals surface area (Å²) in [6, 6.07) is -1.21. The first-order valence-corrected chi connectivity index (χ1v) is 7.27. The van der Waals surface area contributed by atoms with E-state index < -0.39 is 12.0 Å². The van der Waals surface area contributed by atoms with Crippen molar-refractivity contribution in [2.75, 3.05) is 26.8 Å². The summed E-state index contributed by atoms with van der Waals surface area (Å²) in [4.78, 5) is 24.5. The van der Waals surface area contributed by atoms with Gasteiger partial charge in [-0.05, 0) is 24.7 Å². The molecule has 2 N–H and O–H groups in total. The van der Waals surface area contributed by atoms with Gasteiger partial charge < -0.3 is 20.1 Å².